The van der Waals surface area contributed by atoms with Crippen molar-refractivity contribution in [2.75, 3.05) is 5.32 Å². The molecule has 0 bridgehead atoms. The summed E-state index contributed by atoms with van der Waals surface area (Å²) in [6.45, 7) is 1.78. The highest BCUT2D eigenvalue weighted by Crippen LogP contribution is 2.23. The molecule has 1 N–H and O–H groups in total. The van der Waals surface area contributed by atoms with Gasteiger partial charge in [-0.3, -0.25) is 19.9 Å². The lowest BCUT2D eigenvalue weighted by atomic mass is 10.1. The van der Waals surface area contributed by atoms with Crippen LogP contribution >= 0.6 is 11.3 Å². The van der Waals surface area contributed by atoms with Crippen molar-refractivity contribution in [3.63, 3.8) is 0 Å². The fourth-order valence-electron chi connectivity index (χ4n) is 2.21. The Labute approximate surface area is 147 Å². The van der Waals surface area contributed by atoms with E-state index in [0.717, 1.165) is 16.3 Å². The van der Waals surface area contributed by atoms with Gasteiger partial charge in [0.2, 0.25) is 5.91 Å². The van der Waals surface area contributed by atoms with Crippen LogP contribution in [0.5, 0.6) is 0 Å². The lowest BCUT2D eigenvalue weighted by molar-refractivity contribution is -0.384. The Balaban J connectivity index is 1.70. The number of hydrogen-bond acceptors (Lipinski definition) is 6. The minimum atomic E-state index is -0.491. The monoisotopic (exact) mass is 354 g/mol. The normalized spacial score (nSPS) is 10.4. The first-order valence-corrected chi connectivity index (χ1v) is 8.31. The number of thiazole rings is 1. The Morgan fingerprint density at radius 2 is 2.16 bits per heavy atom. The third kappa shape index (κ3) is 4.04. The number of carbonyl (C=O) groups is 1. The van der Waals surface area contributed by atoms with E-state index < -0.39 is 4.92 Å². The maximum absolute atomic E-state index is 12.2. The van der Waals surface area contributed by atoms with Crippen LogP contribution in [0, 0.1) is 17.0 Å². The topological polar surface area (TPSA) is 98.0 Å². The summed E-state index contributed by atoms with van der Waals surface area (Å²) in [5, 5.41) is 16.1. The van der Waals surface area contributed by atoms with Crippen LogP contribution in [0.25, 0.3) is 10.7 Å². The minimum Gasteiger partial charge on any atom is -0.325 e. The van der Waals surface area contributed by atoms with Crippen molar-refractivity contribution in [1.82, 2.24) is 9.97 Å². The number of benzene rings is 1. The highest BCUT2D eigenvalue weighted by atomic mass is 32.1. The second kappa shape index (κ2) is 7.18. The summed E-state index contributed by atoms with van der Waals surface area (Å²) in [6.07, 6.45) is 1.78. The average molecular weight is 354 g/mol. The summed E-state index contributed by atoms with van der Waals surface area (Å²) in [6, 6.07) is 9.93. The molecule has 0 aliphatic carbocycles. The molecule has 7 nitrogen and oxygen atoms in total. The van der Waals surface area contributed by atoms with Crippen molar-refractivity contribution >= 4 is 28.6 Å². The zero-order valence-corrected chi connectivity index (χ0v) is 14.1. The predicted octanol–water partition coefficient (Wildman–Crippen LogP) is 3.60. The van der Waals surface area contributed by atoms with E-state index in [1.807, 2.05) is 23.6 Å². The third-order valence-corrected chi connectivity index (χ3v) is 4.40. The van der Waals surface area contributed by atoms with Gasteiger partial charge < -0.3 is 5.32 Å². The number of anilines is 1. The highest BCUT2D eigenvalue weighted by molar-refractivity contribution is 7.13. The van der Waals surface area contributed by atoms with E-state index in [9.17, 15) is 14.9 Å². The fourth-order valence-corrected chi connectivity index (χ4v) is 3.01. The van der Waals surface area contributed by atoms with E-state index in [0.29, 0.717) is 11.4 Å². The number of carbonyl (C=O) groups excluding carboxylic acids is 1. The first kappa shape index (κ1) is 16.7. The van der Waals surface area contributed by atoms with Crippen molar-refractivity contribution in [2.45, 2.75) is 13.3 Å². The zero-order valence-electron chi connectivity index (χ0n) is 13.3. The van der Waals surface area contributed by atoms with Crippen LogP contribution in [-0.4, -0.2) is 20.8 Å². The number of aryl methyl sites for hydroxylation is 1. The molecule has 2 aromatic heterocycles. The molecule has 0 unspecified atom stereocenters. The van der Waals surface area contributed by atoms with Crippen LogP contribution in [-0.2, 0) is 11.2 Å². The van der Waals surface area contributed by atoms with Gasteiger partial charge in [-0.1, -0.05) is 12.1 Å². The van der Waals surface area contributed by atoms with Gasteiger partial charge in [-0.05, 0) is 24.6 Å². The Bertz CT molecular complexity index is 925. The molecule has 2 heterocycles. The summed E-state index contributed by atoms with van der Waals surface area (Å²) < 4.78 is 0. The minimum absolute atomic E-state index is 0.0630. The zero-order chi connectivity index (χ0) is 17.8. The van der Waals surface area contributed by atoms with Crippen molar-refractivity contribution in [2.24, 2.45) is 0 Å². The smallest absolute Gasteiger partial charge is 0.271 e. The standard InChI is InChI=1S/C17H14N4O3S/c1-11-5-6-13(21(23)24)9-15(11)20-16(22)8-12-10-25-17(19-12)14-4-2-3-7-18-14/h2-7,9-10H,8H2,1H3,(H,20,22). The van der Waals surface area contributed by atoms with E-state index in [-0.39, 0.29) is 18.0 Å². The van der Waals surface area contributed by atoms with E-state index >= 15 is 0 Å². The number of aromatic nitrogens is 2. The number of non-ortho nitro benzene ring substituents is 1. The molecule has 0 aliphatic heterocycles. The summed E-state index contributed by atoms with van der Waals surface area (Å²) in [4.78, 5) is 31.2. The van der Waals surface area contributed by atoms with Gasteiger partial charge in [0.05, 0.1) is 28.4 Å². The van der Waals surface area contributed by atoms with Gasteiger partial charge in [-0.25, -0.2) is 4.98 Å². The quantitative estimate of drug-likeness (QED) is 0.557. The Morgan fingerprint density at radius 1 is 1.32 bits per heavy atom. The molecule has 0 spiro atoms. The summed E-state index contributed by atoms with van der Waals surface area (Å²) in [5.41, 5.74) is 2.51. The van der Waals surface area contributed by atoms with Crippen molar-refractivity contribution < 1.29 is 9.72 Å². The summed E-state index contributed by atoms with van der Waals surface area (Å²) >= 11 is 1.42. The van der Waals surface area contributed by atoms with E-state index in [2.05, 4.69) is 15.3 Å². The van der Waals surface area contributed by atoms with Gasteiger partial charge in [-0.15, -0.1) is 11.3 Å². The molecule has 25 heavy (non-hydrogen) atoms. The maximum atomic E-state index is 12.2. The van der Waals surface area contributed by atoms with Crippen LogP contribution in [0.2, 0.25) is 0 Å². The lowest BCUT2D eigenvalue weighted by Crippen LogP contribution is -2.15. The van der Waals surface area contributed by atoms with Gasteiger partial charge in [0, 0.05) is 23.7 Å². The van der Waals surface area contributed by atoms with Crippen molar-refractivity contribution in [3.8, 4) is 10.7 Å². The number of rotatable bonds is 5. The molecule has 1 amide bonds. The molecular weight excluding hydrogens is 340 g/mol. The number of amides is 1. The summed E-state index contributed by atoms with van der Waals surface area (Å²) in [7, 11) is 0. The van der Waals surface area contributed by atoms with Crippen molar-refractivity contribution in [1.29, 1.82) is 0 Å². The Morgan fingerprint density at radius 3 is 2.88 bits per heavy atom. The van der Waals surface area contributed by atoms with Crippen LogP contribution in [0.1, 0.15) is 11.3 Å². The summed E-state index contributed by atoms with van der Waals surface area (Å²) in [5.74, 6) is -0.276. The van der Waals surface area contributed by atoms with E-state index in [1.165, 1.54) is 23.5 Å². The van der Waals surface area contributed by atoms with Crippen LogP contribution in [0.4, 0.5) is 11.4 Å². The molecule has 0 radical (unpaired) electrons. The van der Waals surface area contributed by atoms with Gasteiger partial charge in [0.1, 0.15) is 5.01 Å². The maximum Gasteiger partial charge on any atom is 0.271 e. The van der Waals surface area contributed by atoms with Gasteiger partial charge in [0.15, 0.2) is 0 Å². The molecular formula is C17H14N4O3S. The highest BCUT2D eigenvalue weighted by Gasteiger charge is 2.13. The fraction of sp³-hybridized carbons (Fsp3) is 0.118. The molecule has 0 fully saturated rings. The van der Waals surface area contributed by atoms with Crippen LogP contribution in [0.15, 0.2) is 48.0 Å². The Hall–Kier alpha value is -3.13. The lowest BCUT2D eigenvalue weighted by Gasteiger charge is -2.07. The van der Waals surface area contributed by atoms with Crippen LogP contribution < -0.4 is 5.32 Å². The van der Waals surface area contributed by atoms with Gasteiger partial charge >= 0.3 is 0 Å². The predicted molar refractivity (Wildman–Crippen MR) is 95.5 cm³/mol. The second-order valence-electron chi connectivity index (χ2n) is 5.34. The van der Waals surface area contributed by atoms with Gasteiger partial charge in [0.25, 0.3) is 5.69 Å². The number of nitro benzene ring substituents is 1. The SMILES string of the molecule is Cc1ccc([N+](=O)[O-])cc1NC(=O)Cc1csc(-c2ccccn2)n1. The molecule has 3 rings (SSSR count). The Kier molecular flexibility index (Phi) is 4.80. The van der Waals surface area contributed by atoms with Crippen molar-refractivity contribution in [3.05, 3.63) is 69.3 Å². The molecule has 126 valence electrons. The van der Waals surface area contributed by atoms with Gasteiger partial charge in [-0.2, -0.15) is 0 Å². The molecule has 0 saturated heterocycles. The number of hydrogen-bond donors (Lipinski definition) is 1. The van der Waals surface area contributed by atoms with E-state index in [4.69, 9.17) is 0 Å². The average Bonchev–Trinajstić information content (AvgIpc) is 3.06. The molecule has 3 aromatic rings. The second-order valence-corrected chi connectivity index (χ2v) is 6.20. The van der Waals surface area contributed by atoms with Crippen LogP contribution in [0.3, 0.4) is 0 Å². The molecule has 0 saturated carbocycles. The molecule has 8 heteroatoms. The first-order valence-electron chi connectivity index (χ1n) is 7.43. The van der Waals surface area contributed by atoms with E-state index in [1.54, 1.807) is 19.2 Å². The number of pyridine rings is 1. The number of nitrogens with one attached hydrogen (secondary N) is 1. The number of nitrogens with zero attached hydrogens (tertiary/aromatic N) is 3. The molecule has 0 aliphatic rings. The molecule has 0 atom stereocenters. The first-order chi connectivity index (χ1) is 12.0. The molecule has 1 aromatic carbocycles. The number of nitro groups is 1. The largest absolute Gasteiger partial charge is 0.325 e. The third-order valence-electron chi connectivity index (χ3n) is 3.48.